The largest absolute Gasteiger partial charge is 0.297 e. The SMILES string of the molecule is Cc1ncsc1C(=O)Nc1ncc(Cc2ccc(F)c(F)c2)s1. The third kappa shape index (κ3) is 3.59. The fourth-order valence-electron chi connectivity index (χ4n) is 1.97. The maximum absolute atomic E-state index is 13.2. The zero-order chi connectivity index (χ0) is 16.4. The lowest BCUT2D eigenvalue weighted by Crippen LogP contribution is -2.11. The van der Waals surface area contributed by atoms with E-state index in [2.05, 4.69) is 15.3 Å². The Balaban J connectivity index is 1.69. The van der Waals surface area contributed by atoms with Crippen LogP contribution in [0, 0.1) is 18.6 Å². The molecule has 0 spiro atoms. The van der Waals surface area contributed by atoms with E-state index in [9.17, 15) is 13.6 Å². The second-order valence-corrected chi connectivity index (χ2v) is 6.75. The number of halogens is 2. The molecular weight excluding hydrogens is 340 g/mol. The van der Waals surface area contributed by atoms with Gasteiger partial charge >= 0.3 is 0 Å². The molecule has 0 atom stereocenters. The molecule has 8 heteroatoms. The van der Waals surface area contributed by atoms with Gasteiger partial charge in [0.25, 0.3) is 5.91 Å². The highest BCUT2D eigenvalue weighted by Gasteiger charge is 2.14. The van der Waals surface area contributed by atoms with Crippen molar-refractivity contribution in [3.05, 3.63) is 62.6 Å². The van der Waals surface area contributed by atoms with Crippen LogP contribution in [0.2, 0.25) is 0 Å². The number of anilines is 1. The van der Waals surface area contributed by atoms with Gasteiger partial charge in [0, 0.05) is 17.5 Å². The average Bonchev–Trinajstić information content (AvgIpc) is 3.12. The van der Waals surface area contributed by atoms with Crippen molar-refractivity contribution in [1.29, 1.82) is 0 Å². The van der Waals surface area contributed by atoms with Crippen molar-refractivity contribution >= 4 is 33.7 Å². The van der Waals surface area contributed by atoms with Crippen LogP contribution >= 0.6 is 22.7 Å². The van der Waals surface area contributed by atoms with E-state index in [1.165, 1.54) is 28.7 Å². The number of rotatable bonds is 4. The summed E-state index contributed by atoms with van der Waals surface area (Å²) in [5, 5.41) is 3.18. The molecule has 0 aliphatic rings. The minimum absolute atomic E-state index is 0.251. The Bertz CT molecular complexity index is 860. The lowest BCUT2D eigenvalue weighted by atomic mass is 10.1. The fraction of sp³-hybridized carbons (Fsp3) is 0.133. The number of aryl methyl sites for hydroxylation is 1. The fourth-order valence-corrected chi connectivity index (χ4v) is 3.51. The van der Waals surface area contributed by atoms with Crippen LogP contribution in [0.3, 0.4) is 0 Å². The second kappa shape index (κ2) is 6.51. The lowest BCUT2D eigenvalue weighted by Gasteiger charge is -2.00. The number of hydrogen-bond acceptors (Lipinski definition) is 5. The molecule has 4 nitrogen and oxygen atoms in total. The maximum atomic E-state index is 13.2. The van der Waals surface area contributed by atoms with Crippen molar-refractivity contribution in [3.63, 3.8) is 0 Å². The third-order valence-corrected chi connectivity index (χ3v) is 4.93. The summed E-state index contributed by atoms with van der Waals surface area (Å²) in [4.78, 5) is 21.6. The van der Waals surface area contributed by atoms with Crippen LogP contribution in [-0.2, 0) is 6.42 Å². The summed E-state index contributed by atoms with van der Waals surface area (Å²) >= 11 is 2.56. The highest BCUT2D eigenvalue weighted by molar-refractivity contribution is 7.16. The van der Waals surface area contributed by atoms with Crippen LogP contribution in [0.4, 0.5) is 13.9 Å². The van der Waals surface area contributed by atoms with E-state index in [0.29, 0.717) is 27.7 Å². The zero-order valence-corrected chi connectivity index (χ0v) is 13.6. The van der Waals surface area contributed by atoms with Gasteiger partial charge < -0.3 is 0 Å². The third-order valence-electron chi connectivity index (χ3n) is 3.09. The van der Waals surface area contributed by atoms with E-state index in [-0.39, 0.29) is 5.91 Å². The van der Waals surface area contributed by atoms with Gasteiger partial charge in [-0.25, -0.2) is 18.7 Å². The highest BCUT2D eigenvalue weighted by Crippen LogP contribution is 2.23. The van der Waals surface area contributed by atoms with Gasteiger partial charge in [0.15, 0.2) is 16.8 Å². The van der Waals surface area contributed by atoms with Crippen LogP contribution < -0.4 is 5.32 Å². The quantitative estimate of drug-likeness (QED) is 0.772. The molecule has 0 radical (unpaired) electrons. The van der Waals surface area contributed by atoms with Crippen LogP contribution in [-0.4, -0.2) is 15.9 Å². The number of carbonyl (C=O) groups excluding carboxylic acids is 1. The highest BCUT2D eigenvalue weighted by atomic mass is 32.1. The molecule has 0 aliphatic heterocycles. The van der Waals surface area contributed by atoms with E-state index in [0.717, 1.165) is 17.0 Å². The average molecular weight is 351 g/mol. The lowest BCUT2D eigenvalue weighted by molar-refractivity contribution is 0.103. The molecule has 1 N–H and O–H groups in total. The Hall–Kier alpha value is -2.19. The standard InChI is InChI=1S/C15H11F2N3OS2/c1-8-13(22-7-19-8)14(21)20-15-18-6-10(23-15)4-9-2-3-11(16)12(17)5-9/h2-3,5-7H,4H2,1H3,(H,18,20,21). The monoisotopic (exact) mass is 351 g/mol. The Kier molecular flexibility index (Phi) is 4.44. The summed E-state index contributed by atoms with van der Waals surface area (Å²) in [6.07, 6.45) is 2.03. The van der Waals surface area contributed by atoms with Crippen LogP contribution in [0.1, 0.15) is 25.8 Å². The molecule has 0 aliphatic carbocycles. The van der Waals surface area contributed by atoms with Gasteiger partial charge in [0.05, 0.1) is 11.2 Å². The predicted octanol–water partition coefficient (Wildman–Crippen LogP) is 4.03. The predicted molar refractivity (Wildman–Crippen MR) is 86.1 cm³/mol. The molecule has 2 heterocycles. The minimum atomic E-state index is -0.874. The Labute approximate surface area is 138 Å². The summed E-state index contributed by atoms with van der Waals surface area (Å²) in [6.45, 7) is 1.77. The second-order valence-electron chi connectivity index (χ2n) is 4.78. The van der Waals surface area contributed by atoms with Gasteiger partial charge in [-0.1, -0.05) is 6.07 Å². The van der Waals surface area contributed by atoms with Crippen molar-refractivity contribution in [3.8, 4) is 0 Å². The maximum Gasteiger partial charge on any atom is 0.269 e. The van der Waals surface area contributed by atoms with Crippen LogP contribution in [0.25, 0.3) is 0 Å². The molecule has 0 saturated heterocycles. The van der Waals surface area contributed by atoms with Crippen molar-refractivity contribution in [2.75, 3.05) is 5.32 Å². The summed E-state index contributed by atoms with van der Waals surface area (Å²) in [5.74, 6) is -1.99. The summed E-state index contributed by atoms with van der Waals surface area (Å²) in [7, 11) is 0. The summed E-state index contributed by atoms with van der Waals surface area (Å²) in [5.41, 5.74) is 2.93. The van der Waals surface area contributed by atoms with Gasteiger partial charge in [-0.3, -0.25) is 10.1 Å². The Morgan fingerprint density at radius 2 is 2.09 bits per heavy atom. The molecule has 1 amide bonds. The molecule has 0 bridgehead atoms. The number of aromatic nitrogens is 2. The van der Waals surface area contributed by atoms with E-state index in [4.69, 9.17) is 0 Å². The molecule has 0 fully saturated rings. The summed E-state index contributed by atoms with van der Waals surface area (Å²) < 4.78 is 26.1. The number of nitrogens with one attached hydrogen (secondary N) is 1. The van der Waals surface area contributed by atoms with E-state index >= 15 is 0 Å². The van der Waals surface area contributed by atoms with Crippen molar-refractivity contribution in [2.45, 2.75) is 13.3 Å². The molecule has 1 aromatic carbocycles. The smallest absolute Gasteiger partial charge is 0.269 e. The van der Waals surface area contributed by atoms with Gasteiger partial charge in [0.1, 0.15) is 4.88 Å². The summed E-state index contributed by atoms with van der Waals surface area (Å²) in [6, 6.07) is 3.78. The first-order valence-corrected chi connectivity index (χ1v) is 8.32. The Morgan fingerprint density at radius 1 is 1.26 bits per heavy atom. The van der Waals surface area contributed by atoms with Crippen LogP contribution in [0.5, 0.6) is 0 Å². The topological polar surface area (TPSA) is 54.9 Å². The first-order valence-electron chi connectivity index (χ1n) is 6.63. The number of benzene rings is 1. The Morgan fingerprint density at radius 3 is 2.78 bits per heavy atom. The molecule has 118 valence electrons. The van der Waals surface area contributed by atoms with Crippen LogP contribution in [0.15, 0.2) is 29.9 Å². The number of hydrogen-bond donors (Lipinski definition) is 1. The van der Waals surface area contributed by atoms with Crippen molar-refractivity contribution < 1.29 is 13.6 Å². The van der Waals surface area contributed by atoms with E-state index in [1.807, 2.05) is 0 Å². The minimum Gasteiger partial charge on any atom is -0.297 e. The molecule has 0 saturated carbocycles. The van der Waals surface area contributed by atoms with Gasteiger partial charge in [-0.05, 0) is 24.6 Å². The number of amides is 1. The van der Waals surface area contributed by atoms with Crippen molar-refractivity contribution in [1.82, 2.24) is 9.97 Å². The molecule has 3 aromatic rings. The van der Waals surface area contributed by atoms with E-state index < -0.39 is 11.6 Å². The number of nitrogens with zero attached hydrogens (tertiary/aromatic N) is 2. The molecule has 23 heavy (non-hydrogen) atoms. The van der Waals surface area contributed by atoms with Gasteiger partial charge in [-0.15, -0.1) is 22.7 Å². The van der Waals surface area contributed by atoms with Gasteiger partial charge in [-0.2, -0.15) is 0 Å². The number of carbonyl (C=O) groups is 1. The molecule has 3 rings (SSSR count). The molecule has 2 aromatic heterocycles. The van der Waals surface area contributed by atoms with Crippen molar-refractivity contribution in [2.24, 2.45) is 0 Å². The normalized spacial score (nSPS) is 10.7. The molecule has 0 unspecified atom stereocenters. The van der Waals surface area contributed by atoms with E-state index in [1.54, 1.807) is 18.6 Å². The van der Waals surface area contributed by atoms with Gasteiger partial charge in [0.2, 0.25) is 0 Å². The molecular formula is C15H11F2N3OS2. The first-order chi connectivity index (χ1) is 11.0. The first kappa shape index (κ1) is 15.7. The zero-order valence-electron chi connectivity index (χ0n) is 12.0. The number of thiazole rings is 2.